The van der Waals surface area contributed by atoms with Crippen molar-refractivity contribution >= 4 is 17.7 Å². The minimum absolute atomic E-state index is 0.177. The number of hydrogen-bond donors (Lipinski definition) is 1. The molecule has 1 saturated heterocycles. The number of nitrogens with zero attached hydrogens (tertiary/aromatic N) is 2. The van der Waals surface area contributed by atoms with Gasteiger partial charge in [0.25, 0.3) is 0 Å². The van der Waals surface area contributed by atoms with Crippen molar-refractivity contribution in [3.05, 3.63) is 59.7 Å². The molecule has 0 bridgehead atoms. The lowest BCUT2D eigenvalue weighted by molar-refractivity contribution is -0.137. The predicted molar refractivity (Wildman–Crippen MR) is 126 cm³/mol. The van der Waals surface area contributed by atoms with Gasteiger partial charge in [-0.15, -0.1) is 0 Å². The number of carbonyl (C=O) groups excluding carboxylic acids is 1. The summed E-state index contributed by atoms with van der Waals surface area (Å²) in [5.74, 6) is 1.04. The number of hydrogen-bond acceptors (Lipinski definition) is 5. The molecule has 2 aromatic rings. The van der Waals surface area contributed by atoms with Gasteiger partial charge < -0.3 is 19.7 Å². The molecule has 1 aliphatic rings. The Kier molecular flexibility index (Phi) is 8.81. The lowest BCUT2D eigenvalue weighted by Gasteiger charge is -2.36. The van der Waals surface area contributed by atoms with Gasteiger partial charge in [0.15, 0.2) is 11.5 Å². The first-order valence-electron chi connectivity index (χ1n) is 11.1. The van der Waals surface area contributed by atoms with Crippen LogP contribution in [-0.4, -0.2) is 64.3 Å². The quantitative estimate of drug-likeness (QED) is 0.436. The second-order valence-electron chi connectivity index (χ2n) is 7.97. The minimum Gasteiger partial charge on any atom is -0.493 e. The molecule has 1 aliphatic heterocycles. The Bertz CT molecular complexity index is 987. The molecule has 9 heteroatoms. The van der Waals surface area contributed by atoms with Crippen LogP contribution in [-0.2, 0) is 11.0 Å². The first-order chi connectivity index (χ1) is 16.3. The van der Waals surface area contributed by atoms with Crippen molar-refractivity contribution in [1.29, 1.82) is 0 Å². The van der Waals surface area contributed by atoms with E-state index in [0.717, 1.165) is 37.7 Å². The molecule has 1 N–H and O–H groups in total. The number of alkyl halides is 3. The Morgan fingerprint density at radius 2 is 1.76 bits per heavy atom. The van der Waals surface area contributed by atoms with E-state index >= 15 is 0 Å². The summed E-state index contributed by atoms with van der Waals surface area (Å²) < 4.78 is 49.3. The van der Waals surface area contributed by atoms with Crippen molar-refractivity contribution in [1.82, 2.24) is 10.2 Å². The fourth-order valence-electron chi connectivity index (χ4n) is 3.81. The van der Waals surface area contributed by atoms with Crippen molar-refractivity contribution in [2.24, 2.45) is 0 Å². The zero-order chi connectivity index (χ0) is 24.6. The molecule has 0 aliphatic carbocycles. The largest absolute Gasteiger partial charge is 0.493 e. The number of halogens is 3. The summed E-state index contributed by atoms with van der Waals surface area (Å²) in [6.45, 7) is 4.23. The van der Waals surface area contributed by atoms with Crippen molar-refractivity contribution < 1.29 is 27.4 Å². The smallest absolute Gasteiger partial charge is 0.416 e. The summed E-state index contributed by atoms with van der Waals surface area (Å²) in [5.41, 5.74) is 0.804. The Hall–Kier alpha value is -3.20. The summed E-state index contributed by atoms with van der Waals surface area (Å²) in [6.07, 6.45) is -0.349. The first-order valence-corrected chi connectivity index (χ1v) is 11.1. The molecule has 6 nitrogen and oxygen atoms in total. The average Bonchev–Trinajstić information content (AvgIpc) is 2.85. The van der Waals surface area contributed by atoms with Gasteiger partial charge in [0.1, 0.15) is 0 Å². The molecule has 1 amide bonds. The third-order valence-corrected chi connectivity index (χ3v) is 5.70. The molecule has 184 valence electrons. The lowest BCUT2D eigenvalue weighted by Crippen LogP contribution is -2.47. The fraction of sp³-hybridized carbons (Fsp3) is 0.400. The maximum atomic E-state index is 13.0. The number of rotatable bonds is 9. The molecule has 0 saturated carbocycles. The topological polar surface area (TPSA) is 54.0 Å². The maximum Gasteiger partial charge on any atom is 0.416 e. The SMILES string of the molecule is COc1ccc(/C=C/C(=O)NCCCN2CCN(c3cccc(C(F)(F)F)c3)CC2)cc1OC. The van der Waals surface area contributed by atoms with Crippen LogP contribution >= 0.6 is 0 Å². The molecule has 3 rings (SSSR count). The van der Waals surface area contributed by atoms with Gasteiger partial charge in [-0.3, -0.25) is 9.69 Å². The van der Waals surface area contributed by atoms with Crippen molar-refractivity contribution in [3.8, 4) is 11.5 Å². The maximum absolute atomic E-state index is 13.0. The van der Waals surface area contributed by atoms with Gasteiger partial charge in [-0.2, -0.15) is 13.2 Å². The molecule has 1 heterocycles. The number of ether oxygens (including phenoxy) is 2. The fourth-order valence-corrected chi connectivity index (χ4v) is 3.81. The van der Waals surface area contributed by atoms with Crippen LogP contribution in [0.5, 0.6) is 11.5 Å². The molecule has 0 unspecified atom stereocenters. The lowest BCUT2D eigenvalue weighted by atomic mass is 10.1. The van der Waals surface area contributed by atoms with Crippen molar-refractivity contribution in [2.75, 3.05) is 58.4 Å². The van der Waals surface area contributed by atoms with Crippen LogP contribution in [0.4, 0.5) is 18.9 Å². The van der Waals surface area contributed by atoms with Crippen LogP contribution in [0.2, 0.25) is 0 Å². The van der Waals surface area contributed by atoms with E-state index in [2.05, 4.69) is 10.2 Å². The first kappa shape index (κ1) is 25.4. The summed E-state index contributed by atoms with van der Waals surface area (Å²) in [7, 11) is 3.13. The highest BCUT2D eigenvalue weighted by Gasteiger charge is 2.31. The van der Waals surface area contributed by atoms with Gasteiger partial charge in [0, 0.05) is 44.5 Å². The van der Waals surface area contributed by atoms with Crippen molar-refractivity contribution in [2.45, 2.75) is 12.6 Å². The van der Waals surface area contributed by atoms with E-state index < -0.39 is 11.7 Å². The molecule has 0 spiro atoms. The van der Waals surface area contributed by atoms with E-state index in [1.807, 2.05) is 11.0 Å². The minimum atomic E-state index is -4.33. The molecule has 34 heavy (non-hydrogen) atoms. The standard InChI is InChI=1S/C25H30F3N3O3/c1-33-22-9-7-19(17-23(22)34-2)8-10-24(32)29-11-4-12-30-13-15-31(16-14-30)21-6-3-5-20(18-21)25(26,27)28/h3,5-10,17-18H,4,11-16H2,1-2H3,(H,29,32)/b10-8+. The van der Waals surface area contributed by atoms with Gasteiger partial charge in [-0.1, -0.05) is 12.1 Å². The number of nitrogens with one attached hydrogen (secondary N) is 1. The number of anilines is 1. The number of carbonyl (C=O) groups is 1. The summed E-state index contributed by atoms with van der Waals surface area (Å²) in [5, 5.41) is 2.87. The summed E-state index contributed by atoms with van der Waals surface area (Å²) in [6, 6.07) is 10.9. The van der Waals surface area contributed by atoms with E-state index in [0.29, 0.717) is 36.8 Å². The van der Waals surface area contributed by atoms with Crippen LogP contribution in [0, 0.1) is 0 Å². The Labute approximate surface area is 197 Å². The highest BCUT2D eigenvalue weighted by molar-refractivity contribution is 5.91. The Balaban J connectivity index is 1.37. The van der Waals surface area contributed by atoms with Crippen molar-refractivity contribution in [3.63, 3.8) is 0 Å². The van der Waals surface area contributed by atoms with Gasteiger partial charge in [0.05, 0.1) is 19.8 Å². The normalized spacial score (nSPS) is 14.9. The zero-order valence-corrected chi connectivity index (χ0v) is 19.4. The highest BCUT2D eigenvalue weighted by atomic mass is 19.4. The number of piperazine rings is 1. The van der Waals surface area contributed by atoms with Crippen LogP contribution in [0.1, 0.15) is 17.5 Å². The van der Waals surface area contributed by atoms with E-state index in [1.165, 1.54) is 18.2 Å². The highest BCUT2D eigenvalue weighted by Crippen LogP contribution is 2.32. The second kappa shape index (κ2) is 11.8. The van der Waals surface area contributed by atoms with Gasteiger partial charge in [-0.05, 0) is 54.9 Å². The van der Waals surface area contributed by atoms with Crippen LogP contribution in [0.15, 0.2) is 48.5 Å². The van der Waals surface area contributed by atoms with Gasteiger partial charge in [0.2, 0.25) is 5.91 Å². The Morgan fingerprint density at radius 1 is 1.03 bits per heavy atom. The molecular formula is C25H30F3N3O3. The molecule has 0 aromatic heterocycles. The third-order valence-electron chi connectivity index (χ3n) is 5.70. The van der Waals surface area contributed by atoms with Crippen LogP contribution in [0.25, 0.3) is 6.08 Å². The van der Waals surface area contributed by atoms with E-state index in [1.54, 1.807) is 38.5 Å². The van der Waals surface area contributed by atoms with Crippen LogP contribution < -0.4 is 19.7 Å². The van der Waals surface area contributed by atoms with Crippen LogP contribution in [0.3, 0.4) is 0 Å². The second-order valence-corrected chi connectivity index (χ2v) is 7.97. The van der Waals surface area contributed by atoms with E-state index in [4.69, 9.17) is 9.47 Å². The van der Waals surface area contributed by atoms with Gasteiger partial charge >= 0.3 is 6.18 Å². The van der Waals surface area contributed by atoms with E-state index in [9.17, 15) is 18.0 Å². The zero-order valence-electron chi connectivity index (χ0n) is 19.4. The molecule has 0 atom stereocenters. The molecular weight excluding hydrogens is 447 g/mol. The number of benzene rings is 2. The molecule has 1 fully saturated rings. The van der Waals surface area contributed by atoms with Gasteiger partial charge in [-0.25, -0.2) is 0 Å². The third kappa shape index (κ3) is 7.15. The summed E-state index contributed by atoms with van der Waals surface area (Å²) >= 11 is 0. The van der Waals surface area contributed by atoms with E-state index in [-0.39, 0.29) is 5.91 Å². The Morgan fingerprint density at radius 3 is 2.44 bits per heavy atom. The molecule has 2 aromatic carbocycles. The monoisotopic (exact) mass is 477 g/mol. The number of amides is 1. The summed E-state index contributed by atoms with van der Waals surface area (Å²) in [4.78, 5) is 16.3. The predicted octanol–water partition coefficient (Wildman–Crippen LogP) is 4.06. The molecule has 0 radical (unpaired) electrons. The average molecular weight is 478 g/mol. The number of methoxy groups -OCH3 is 2.